The third-order valence-electron chi connectivity index (χ3n) is 3.12. The number of aryl methyl sites for hydroxylation is 2. The molecule has 0 aliphatic carbocycles. The lowest BCUT2D eigenvalue weighted by atomic mass is 10.1. The third-order valence-corrected chi connectivity index (χ3v) is 4.87. The van der Waals surface area contributed by atoms with Crippen LogP contribution in [0, 0.1) is 20.8 Å². The van der Waals surface area contributed by atoms with E-state index in [0.29, 0.717) is 23.2 Å². The van der Waals surface area contributed by atoms with Crippen molar-refractivity contribution in [3.8, 4) is 0 Å². The Morgan fingerprint density at radius 2 is 1.85 bits per heavy atom. The number of nitrogens with one attached hydrogen (secondary N) is 1. The van der Waals surface area contributed by atoms with E-state index in [2.05, 4.69) is 4.72 Å². The molecule has 0 fully saturated rings. The monoisotopic (exact) mass is 299 g/mol. The summed E-state index contributed by atoms with van der Waals surface area (Å²) < 4.78 is 27.1. The molecule has 0 aliphatic rings. The molecule has 0 aromatic heterocycles. The van der Waals surface area contributed by atoms with E-state index in [1.165, 1.54) is 0 Å². The van der Waals surface area contributed by atoms with Crippen LogP contribution in [-0.2, 0) is 14.8 Å². The average molecular weight is 299 g/mol. The van der Waals surface area contributed by atoms with Crippen LogP contribution < -0.4 is 16.2 Å². The first-order chi connectivity index (χ1) is 9.16. The van der Waals surface area contributed by atoms with Crippen LogP contribution in [0.2, 0.25) is 0 Å². The molecule has 112 valence electrons. The number of anilines is 1. The maximum absolute atomic E-state index is 12.3. The molecule has 5 N–H and O–H groups in total. The summed E-state index contributed by atoms with van der Waals surface area (Å²) in [6.07, 6.45) is 0.518. The number of carbonyl (C=O) groups excluding carboxylic acids is 1. The van der Waals surface area contributed by atoms with Gasteiger partial charge in [0, 0.05) is 18.7 Å². The molecule has 0 aliphatic heterocycles. The molecule has 20 heavy (non-hydrogen) atoms. The van der Waals surface area contributed by atoms with Gasteiger partial charge in [0.2, 0.25) is 15.9 Å². The fraction of sp³-hybridized carbons (Fsp3) is 0.462. The summed E-state index contributed by atoms with van der Waals surface area (Å²) in [5.41, 5.74) is 13.4. The number of sulfonamides is 1. The van der Waals surface area contributed by atoms with Crippen LogP contribution in [0.5, 0.6) is 0 Å². The molecule has 0 radical (unpaired) electrons. The fourth-order valence-corrected chi connectivity index (χ4v) is 3.69. The van der Waals surface area contributed by atoms with Gasteiger partial charge in [0.15, 0.2) is 0 Å². The van der Waals surface area contributed by atoms with Crippen LogP contribution in [0.15, 0.2) is 11.0 Å². The Balaban J connectivity index is 2.99. The second-order valence-corrected chi connectivity index (χ2v) is 6.55. The van der Waals surface area contributed by atoms with Crippen LogP contribution in [0.1, 0.15) is 29.5 Å². The highest BCUT2D eigenvalue weighted by Gasteiger charge is 2.21. The van der Waals surface area contributed by atoms with E-state index in [1.807, 2.05) is 6.92 Å². The van der Waals surface area contributed by atoms with Crippen molar-refractivity contribution in [2.45, 2.75) is 38.5 Å². The Hall–Kier alpha value is -1.60. The molecule has 0 atom stereocenters. The fourth-order valence-electron chi connectivity index (χ4n) is 2.14. The molecule has 1 amide bonds. The van der Waals surface area contributed by atoms with E-state index in [-0.39, 0.29) is 17.9 Å². The van der Waals surface area contributed by atoms with Crippen LogP contribution in [-0.4, -0.2) is 20.9 Å². The van der Waals surface area contributed by atoms with Gasteiger partial charge in [-0.05, 0) is 43.9 Å². The summed E-state index contributed by atoms with van der Waals surface area (Å²) in [4.78, 5) is 10.8. The van der Waals surface area contributed by atoms with Crippen molar-refractivity contribution in [2.75, 3.05) is 12.3 Å². The molecule has 1 aromatic rings. The van der Waals surface area contributed by atoms with Gasteiger partial charge < -0.3 is 11.5 Å². The lowest BCUT2D eigenvalue weighted by Gasteiger charge is -2.15. The van der Waals surface area contributed by atoms with Crippen molar-refractivity contribution in [3.05, 3.63) is 22.8 Å². The number of amides is 1. The summed E-state index contributed by atoms with van der Waals surface area (Å²) in [6.45, 7) is 5.43. The number of rotatable bonds is 6. The van der Waals surface area contributed by atoms with Gasteiger partial charge >= 0.3 is 0 Å². The summed E-state index contributed by atoms with van der Waals surface area (Å²) in [5, 5.41) is 0. The average Bonchev–Trinajstić information content (AvgIpc) is 2.31. The van der Waals surface area contributed by atoms with Gasteiger partial charge in [-0.25, -0.2) is 13.1 Å². The minimum atomic E-state index is -3.64. The topological polar surface area (TPSA) is 115 Å². The maximum Gasteiger partial charge on any atom is 0.241 e. The Morgan fingerprint density at radius 3 is 2.40 bits per heavy atom. The van der Waals surface area contributed by atoms with Crippen LogP contribution >= 0.6 is 0 Å². The zero-order chi connectivity index (χ0) is 15.5. The van der Waals surface area contributed by atoms with E-state index in [1.54, 1.807) is 19.9 Å². The minimum Gasteiger partial charge on any atom is -0.398 e. The Bertz CT molecular complexity index is 624. The summed E-state index contributed by atoms with van der Waals surface area (Å²) in [5.74, 6) is -0.448. The van der Waals surface area contributed by atoms with Gasteiger partial charge in [0.1, 0.15) is 0 Å². The van der Waals surface area contributed by atoms with Gasteiger partial charge in [-0.3, -0.25) is 4.79 Å². The first-order valence-corrected chi connectivity index (χ1v) is 7.79. The van der Waals surface area contributed by atoms with Crippen LogP contribution in [0.4, 0.5) is 5.69 Å². The number of benzene rings is 1. The van der Waals surface area contributed by atoms with Gasteiger partial charge in [0.25, 0.3) is 0 Å². The van der Waals surface area contributed by atoms with E-state index in [0.717, 1.165) is 5.56 Å². The Morgan fingerprint density at radius 1 is 1.25 bits per heavy atom. The minimum absolute atomic E-state index is 0.149. The number of nitrogen functional groups attached to an aromatic ring is 1. The number of primary amides is 1. The standard InChI is InChI=1S/C13H21N3O3S/c1-8-7-9(2)13(10(3)12(8)15)20(18,19)16-6-4-5-11(14)17/h7,16H,4-6,15H2,1-3H3,(H2,14,17). The molecule has 0 spiro atoms. The normalized spacial score (nSPS) is 11.6. The number of nitrogens with two attached hydrogens (primary N) is 2. The molecule has 0 saturated carbocycles. The van der Waals surface area contributed by atoms with E-state index < -0.39 is 15.9 Å². The second-order valence-electron chi connectivity index (χ2n) is 4.85. The van der Waals surface area contributed by atoms with Gasteiger partial charge in [-0.15, -0.1) is 0 Å². The molecular weight excluding hydrogens is 278 g/mol. The molecular formula is C13H21N3O3S. The van der Waals surface area contributed by atoms with Gasteiger partial charge in [0.05, 0.1) is 4.90 Å². The molecule has 6 nitrogen and oxygen atoms in total. The van der Waals surface area contributed by atoms with Crippen molar-refractivity contribution in [2.24, 2.45) is 5.73 Å². The smallest absolute Gasteiger partial charge is 0.241 e. The second kappa shape index (κ2) is 6.23. The molecule has 0 bridgehead atoms. The molecule has 0 unspecified atom stereocenters. The maximum atomic E-state index is 12.3. The zero-order valence-electron chi connectivity index (χ0n) is 12.0. The van der Waals surface area contributed by atoms with Crippen molar-refractivity contribution < 1.29 is 13.2 Å². The summed E-state index contributed by atoms with van der Waals surface area (Å²) in [7, 11) is -3.64. The van der Waals surface area contributed by atoms with Crippen LogP contribution in [0.25, 0.3) is 0 Å². The first-order valence-electron chi connectivity index (χ1n) is 6.31. The SMILES string of the molecule is Cc1cc(C)c(S(=O)(=O)NCCCC(N)=O)c(C)c1N. The lowest BCUT2D eigenvalue weighted by Crippen LogP contribution is -2.27. The lowest BCUT2D eigenvalue weighted by molar-refractivity contribution is -0.118. The van der Waals surface area contributed by atoms with Gasteiger partial charge in [-0.1, -0.05) is 6.07 Å². The predicted molar refractivity (Wildman–Crippen MR) is 78.7 cm³/mol. The first kappa shape index (κ1) is 16.5. The predicted octanol–water partition coefficient (Wildman–Crippen LogP) is 0.738. The van der Waals surface area contributed by atoms with Crippen molar-refractivity contribution >= 4 is 21.6 Å². The largest absolute Gasteiger partial charge is 0.398 e. The number of carbonyl (C=O) groups is 1. The Kier molecular flexibility index (Phi) is 5.13. The molecule has 1 aromatic carbocycles. The summed E-state index contributed by atoms with van der Waals surface area (Å²) >= 11 is 0. The van der Waals surface area contributed by atoms with Gasteiger partial charge in [-0.2, -0.15) is 0 Å². The van der Waals surface area contributed by atoms with Crippen molar-refractivity contribution in [1.82, 2.24) is 4.72 Å². The number of hydrogen-bond donors (Lipinski definition) is 3. The molecule has 0 saturated heterocycles. The molecule has 1 rings (SSSR count). The zero-order valence-corrected chi connectivity index (χ0v) is 12.8. The van der Waals surface area contributed by atoms with E-state index in [4.69, 9.17) is 11.5 Å². The highest BCUT2D eigenvalue weighted by atomic mass is 32.2. The highest BCUT2D eigenvalue weighted by Crippen LogP contribution is 2.27. The van der Waals surface area contributed by atoms with Crippen molar-refractivity contribution in [3.63, 3.8) is 0 Å². The Labute approximate surface area is 119 Å². The van der Waals surface area contributed by atoms with E-state index >= 15 is 0 Å². The van der Waals surface area contributed by atoms with Crippen molar-refractivity contribution in [1.29, 1.82) is 0 Å². The highest BCUT2D eigenvalue weighted by molar-refractivity contribution is 7.89. The number of hydrogen-bond acceptors (Lipinski definition) is 4. The molecule has 0 heterocycles. The third kappa shape index (κ3) is 3.71. The summed E-state index contributed by atoms with van der Waals surface area (Å²) in [6, 6.07) is 1.75. The quantitative estimate of drug-likeness (QED) is 0.530. The van der Waals surface area contributed by atoms with E-state index in [9.17, 15) is 13.2 Å². The molecule has 7 heteroatoms. The van der Waals surface area contributed by atoms with Crippen LogP contribution in [0.3, 0.4) is 0 Å².